The van der Waals surface area contributed by atoms with E-state index in [1.165, 1.54) is 0 Å². The predicted octanol–water partition coefficient (Wildman–Crippen LogP) is 0.476. The number of carbonyl (C=O) groups is 2. The Hall–Kier alpha value is -2.74. The molecule has 2 heterocycles. The van der Waals surface area contributed by atoms with Crippen LogP contribution in [0.4, 0.5) is 0 Å². The summed E-state index contributed by atoms with van der Waals surface area (Å²) in [5.74, 6) is -0.0240. The molecule has 1 aliphatic heterocycles. The van der Waals surface area contributed by atoms with Gasteiger partial charge in [0.25, 0.3) is 0 Å². The molecular weight excluding hydrogens is 332 g/mol. The molecule has 8 nitrogen and oxygen atoms in total. The summed E-state index contributed by atoms with van der Waals surface area (Å²) in [5.41, 5.74) is 1.81. The van der Waals surface area contributed by atoms with Crippen LogP contribution < -0.4 is 10.6 Å². The zero-order chi connectivity index (χ0) is 18.5. The average molecular weight is 356 g/mol. The molecule has 1 aliphatic rings. The molecule has 0 spiro atoms. The molecule has 2 amide bonds. The van der Waals surface area contributed by atoms with Crippen LogP contribution in [0.25, 0.3) is 0 Å². The number of aromatic nitrogens is 3. The molecule has 138 valence electrons. The highest BCUT2D eigenvalue weighted by Gasteiger charge is 2.30. The van der Waals surface area contributed by atoms with Gasteiger partial charge in [0.15, 0.2) is 0 Å². The number of hydrogen-bond donors (Lipinski definition) is 2. The van der Waals surface area contributed by atoms with Crippen molar-refractivity contribution in [2.75, 3.05) is 13.6 Å². The van der Waals surface area contributed by atoms with E-state index in [0.717, 1.165) is 11.3 Å². The van der Waals surface area contributed by atoms with Crippen LogP contribution in [0.5, 0.6) is 0 Å². The van der Waals surface area contributed by atoms with Gasteiger partial charge in [0.1, 0.15) is 5.69 Å². The fourth-order valence-corrected chi connectivity index (χ4v) is 3.13. The fourth-order valence-electron chi connectivity index (χ4n) is 3.13. The number of hydrogen-bond acceptors (Lipinski definition) is 5. The Balaban J connectivity index is 1.63. The maximum atomic E-state index is 12.0. The number of likely N-dealkylation sites (N-methyl/N-ethyl adjacent to an activating group) is 1. The maximum absolute atomic E-state index is 12.0. The van der Waals surface area contributed by atoms with Gasteiger partial charge in [-0.1, -0.05) is 35.5 Å². The maximum Gasteiger partial charge on any atom is 0.236 e. The lowest BCUT2D eigenvalue weighted by molar-refractivity contribution is -0.130. The minimum atomic E-state index is -0.204. The van der Waals surface area contributed by atoms with Crippen molar-refractivity contribution in [3.63, 3.8) is 0 Å². The summed E-state index contributed by atoms with van der Waals surface area (Å²) in [6, 6.07) is 9.74. The fraction of sp³-hybridized carbons (Fsp3) is 0.444. The quantitative estimate of drug-likeness (QED) is 0.785. The van der Waals surface area contributed by atoms with E-state index in [1.807, 2.05) is 36.5 Å². The first-order valence-electron chi connectivity index (χ1n) is 8.72. The van der Waals surface area contributed by atoms with E-state index in [9.17, 15) is 9.59 Å². The lowest BCUT2D eigenvalue weighted by Gasteiger charge is -2.19. The zero-order valence-corrected chi connectivity index (χ0v) is 15.1. The van der Waals surface area contributed by atoms with Crippen LogP contribution in [0.15, 0.2) is 36.5 Å². The molecule has 2 N–H and O–H groups in total. The SMILES string of the molecule is CNC(=O)[C@@H]1C[C@@H](n2cc(CN(Cc3ccccc3)C(C)=O)nn2)CN1. The van der Waals surface area contributed by atoms with E-state index in [-0.39, 0.29) is 23.9 Å². The molecule has 8 heteroatoms. The standard InChI is InChI=1S/C18H24N6O2/c1-13(25)23(10-14-6-4-3-5-7-14)11-15-12-24(22-21-15)16-8-17(20-9-16)18(26)19-2/h3-7,12,16-17,20H,8-11H2,1-2H3,(H,19,26)/t16-,17+/m1/s1. The lowest BCUT2D eigenvalue weighted by Crippen LogP contribution is -2.38. The van der Waals surface area contributed by atoms with Crippen LogP contribution in [0.2, 0.25) is 0 Å². The van der Waals surface area contributed by atoms with Gasteiger partial charge in [0.05, 0.1) is 24.8 Å². The van der Waals surface area contributed by atoms with Crippen LogP contribution in [0.3, 0.4) is 0 Å². The first kappa shape index (κ1) is 18.1. The highest BCUT2D eigenvalue weighted by molar-refractivity contribution is 5.81. The highest BCUT2D eigenvalue weighted by Crippen LogP contribution is 2.19. The second-order valence-corrected chi connectivity index (χ2v) is 6.52. The third kappa shape index (κ3) is 4.26. The largest absolute Gasteiger partial charge is 0.358 e. The van der Waals surface area contributed by atoms with Crippen LogP contribution in [-0.2, 0) is 22.7 Å². The highest BCUT2D eigenvalue weighted by atomic mass is 16.2. The second-order valence-electron chi connectivity index (χ2n) is 6.52. The summed E-state index contributed by atoms with van der Waals surface area (Å²) in [7, 11) is 1.63. The van der Waals surface area contributed by atoms with Crippen molar-refractivity contribution >= 4 is 11.8 Å². The van der Waals surface area contributed by atoms with Crippen molar-refractivity contribution in [3.05, 3.63) is 47.8 Å². The van der Waals surface area contributed by atoms with Gasteiger partial charge in [-0.15, -0.1) is 5.10 Å². The van der Waals surface area contributed by atoms with Crippen LogP contribution in [-0.4, -0.2) is 51.3 Å². The van der Waals surface area contributed by atoms with E-state index < -0.39 is 0 Å². The molecule has 0 saturated carbocycles. The minimum Gasteiger partial charge on any atom is -0.358 e. The summed E-state index contributed by atoms with van der Waals surface area (Å²) in [4.78, 5) is 25.5. The summed E-state index contributed by atoms with van der Waals surface area (Å²) in [6.45, 7) is 3.17. The number of rotatable bonds is 6. The molecule has 26 heavy (non-hydrogen) atoms. The molecule has 0 bridgehead atoms. The molecule has 1 fully saturated rings. The molecule has 0 aliphatic carbocycles. The Morgan fingerprint density at radius 3 is 2.77 bits per heavy atom. The Kier molecular flexibility index (Phi) is 5.62. The second kappa shape index (κ2) is 8.09. The molecule has 0 unspecified atom stereocenters. The molecule has 1 aromatic carbocycles. The number of carbonyl (C=O) groups excluding carboxylic acids is 2. The van der Waals surface area contributed by atoms with Crippen molar-refractivity contribution < 1.29 is 9.59 Å². The Labute approximate surface area is 152 Å². The topological polar surface area (TPSA) is 92.2 Å². The van der Waals surface area contributed by atoms with Crippen LogP contribution >= 0.6 is 0 Å². The molecule has 0 radical (unpaired) electrons. The van der Waals surface area contributed by atoms with E-state index in [1.54, 1.807) is 23.6 Å². The third-order valence-corrected chi connectivity index (χ3v) is 4.62. The molecule has 3 rings (SSSR count). The zero-order valence-electron chi connectivity index (χ0n) is 15.1. The van der Waals surface area contributed by atoms with Crippen molar-refractivity contribution in [2.24, 2.45) is 0 Å². The Morgan fingerprint density at radius 1 is 1.31 bits per heavy atom. The van der Waals surface area contributed by atoms with Gasteiger partial charge in [-0.3, -0.25) is 9.59 Å². The first-order chi connectivity index (χ1) is 12.6. The Morgan fingerprint density at radius 2 is 2.08 bits per heavy atom. The van der Waals surface area contributed by atoms with Crippen LogP contribution in [0, 0.1) is 0 Å². The number of nitrogens with one attached hydrogen (secondary N) is 2. The summed E-state index contributed by atoms with van der Waals surface area (Å²) >= 11 is 0. The summed E-state index contributed by atoms with van der Waals surface area (Å²) in [6.07, 6.45) is 2.53. The van der Waals surface area contributed by atoms with Crippen LogP contribution in [0.1, 0.15) is 30.6 Å². The molecule has 2 atom stereocenters. The Bertz CT molecular complexity index is 760. The van der Waals surface area contributed by atoms with Gasteiger partial charge < -0.3 is 15.5 Å². The van der Waals surface area contributed by atoms with Gasteiger partial charge in [0, 0.05) is 27.1 Å². The number of amides is 2. The van der Waals surface area contributed by atoms with Gasteiger partial charge in [0.2, 0.25) is 11.8 Å². The molecule has 1 saturated heterocycles. The van der Waals surface area contributed by atoms with Crippen molar-refractivity contribution in [3.8, 4) is 0 Å². The minimum absolute atomic E-state index is 0.00869. The van der Waals surface area contributed by atoms with Crippen molar-refractivity contribution in [2.45, 2.75) is 38.5 Å². The van der Waals surface area contributed by atoms with Gasteiger partial charge in [-0.25, -0.2) is 4.68 Å². The molecule has 1 aromatic heterocycles. The van der Waals surface area contributed by atoms with Crippen molar-refractivity contribution in [1.82, 2.24) is 30.5 Å². The van der Waals surface area contributed by atoms with Gasteiger partial charge in [-0.2, -0.15) is 0 Å². The molecular formula is C18H24N6O2. The normalized spacial score (nSPS) is 19.3. The average Bonchev–Trinajstić information content (AvgIpc) is 3.30. The van der Waals surface area contributed by atoms with Crippen molar-refractivity contribution in [1.29, 1.82) is 0 Å². The van der Waals surface area contributed by atoms with Gasteiger partial charge >= 0.3 is 0 Å². The van der Waals surface area contributed by atoms with E-state index in [0.29, 0.717) is 26.1 Å². The third-order valence-electron chi connectivity index (χ3n) is 4.62. The van der Waals surface area contributed by atoms with Gasteiger partial charge in [-0.05, 0) is 12.0 Å². The lowest BCUT2D eigenvalue weighted by atomic mass is 10.1. The summed E-state index contributed by atoms with van der Waals surface area (Å²) < 4.78 is 1.78. The van der Waals surface area contributed by atoms with E-state index in [4.69, 9.17) is 0 Å². The summed E-state index contributed by atoms with van der Waals surface area (Å²) in [5, 5.41) is 14.2. The predicted molar refractivity (Wildman–Crippen MR) is 95.9 cm³/mol. The number of benzene rings is 1. The molecule has 2 aromatic rings. The number of nitrogens with zero attached hydrogens (tertiary/aromatic N) is 4. The monoisotopic (exact) mass is 356 g/mol. The first-order valence-corrected chi connectivity index (χ1v) is 8.72. The smallest absolute Gasteiger partial charge is 0.236 e. The van der Waals surface area contributed by atoms with E-state index in [2.05, 4.69) is 20.9 Å². The van der Waals surface area contributed by atoms with E-state index >= 15 is 0 Å².